The molecule has 0 aromatic heterocycles. The van der Waals surface area contributed by atoms with Crippen LogP contribution in [0.2, 0.25) is 0 Å². The number of esters is 2. The van der Waals surface area contributed by atoms with Crippen LogP contribution in [0.25, 0.3) is 0 Å². The van der Waals surface area contributed by atoms with Gasteiger partial charge in [-0.05, 0) is 37.6 Å². The van der Waals surface area contributed by atoms with Crippen LogP contribution >= 0.6 is 0 Å². The molecule has 3 rings (SSSR count). The number of nitro benzene ring substituents is 1. The summed E-state index contributed by atoms with van der Waals surface area (Å²) in [4.78, 5) is 34.9. The van der Waals surface area contributed by atoms with Gasteiger partial charge in [0, 0.05) is 12.1 Å². The monoisotopic (exact) mass is 485 g/mol. The molecule has 1 saturated heterocycles. The molecule has 0 bridgehead atoms. The van der Waals surface area contributed by atoms with E-state index in [9.17, 15) is 19.7 Å². The van der Waals surface area contributed by atoms with Crippen molar-refractivity contribution in [2.24, 2.45) is 0 Å². The summed E-state index contributed by atoms with van der Waals surface area (Å²) in [5, 5.41) is 10.8. The summed E-state index contributed by atoms with van der Waals surface area (Å²) >= 11 is 0. The Hall–Kier alpha value is -3.60. The van der Waals surface area contributed by atoms with Crippen molar-refractivity contribution in [1.29, 1.82) is 0 Å². The van der Waals surface area contributed by atoms with E-state index >= 15 is 0 Å². The fourth-order valence-corrected chi connectivity index (χ4v) is 3.45. The molecule has 1 fully saturated rings. The van der Waals surface area contributed by atoms with E-state index in [0.29, 0.717) is 6.61 Å². The number of hydrogen-bond donors (Lipinski definition) is 0. The molecule has 0 saturated carbocycles. The van der Waals surface area contributed by atoms with Crippen molar-refractivity contribution >= 4 is 17.6 Å². The lowest BCUT2D eigenvalue weighted by atomic mass is 10.1. The number of rotatable bonds is 10. The molecule has 0 radical (unpaired) electrons. The van der Waals surface area contributed by atoms with Gasteiger partial charge in [0.05, 0.1) is 36.4 Å². The van der Waals surface area contributed by atoms with Crippen LogP contribution in [0.5, 0.6) is 0 Å². The first-order valence-corrected chi connectivity index (χ1v) is 10.9. The third kappa shape index (κ3) is 7.44. The predicted molar refractivity (Wildman–Crippen MR) is 123 cm³/mol. The van der Waals surface area contributed by atoms with E-state index in [0.717, 1.165) is 5.56 Å². The van der Waals surface area contributed by atoms with Crippen molar-refractivity contribution < 1.29 is 38.2 Å². The summed E-state index contributed by atoms with van der Waals surface area (Å²) in [6.07, 6.45) is 0.326. The smallest absolute Gasteiger partial charge is 0.338 e. The standard InChI is InChI=1S/C25H27NO9/c1-25(2)34-21(22(35-25)16-32-14-17-7-5-4-6-8-17)13-19(23(27)31-3)15-33-24(28)18-9-11-20(12-10-18)26(29)30/h4-13,21-22H,14-16H2,1-3H3/b19-13+/t21-,22-/m0/s1. The van der Waals surface area contributed by atoms with E-state index in [1.54, 1.807) is 13.8 Å². The number of hydrogen-bond acceptors (Lipinski definition) is 9. The fraction of sp³-hybridized carbons (Fsp3) is 0.360. The quantitative estimate of drug-likeness (QED) is 0.215. The van der Waals surface area contributed by atoms with Crippen molar-refractivity contribution in [1.82, 2.24) is 0 Å². The Morgan fingerprint density at radius 2 is 1.77 bits per heavy atom. The summed E-state index contributed by atoms with van der Waals surface area (Å²) in [5.41, 5.74) is 1.01. The van der Waals surface area contributed by atoms with Gasteiger partial charge in [-0.25, -0.2) is 9.59 Å². The summed E-state index contributed by atoms with van der Waals surface area (Å²) in [5.74, 6) is -2.36. The van der Waals surface area contributed by atoms with Gasteiger partial charge in [-0.1, -0.05) is 30.3 Å². The van der Waals surface area contributed by atoms with E-state index in [1.165, 1.54) is 37.5 Å². The Bertz CT molecular complexity index is 1060. The second-order valence-electron chi connectivity index (χ2n) is 8.20. The highest BCUT2D eigenvalue weighted by atomic mass is 16.8. The van der Waals surface area contributed by atoms with Gasteiger partial charge < -0.3 is 23.7 Å². The van der Waals surface area contributed by atoms with Crippen LogP contribution in [-0.4, -0.2) is 55.2 Å². The minimum atomic E-state index is -0.918. The maximum Gasteiger partial charge on any atom is 0.338 e. The summed E-state index contributed by atoms with van der Waals surface area (Å²) < 4.78 is 27.7. The first-order valence-electron chi connectivity index (χ1n) is 10.9. The molecule has 186 valence electrons. The number of carbonyl (C=O) groups is 2. The lowest BCUT2D eigenvalue weighted by Crippen LogP contribution is -2.28. The largest absolute Gasteiger partial charge is 0.466 e. The third-order valence-electron chi connectivity index (χ3n) is 5.10. The molecule has 35 heavy (non-hydrogen) atoms. The zero-order valence-corrected chi connectivity index (χ0v) is 19.7. The van der Waals surface area contributed by atoms with E-state index in [4.69, 9.17) is 23.7 Å². The molecule has 0 unspecified atom stereocenters. The van der Waals surface area contributed by atoms with Crippen LogP contribution in [0.4, 0.5) is 5.69 Å². The van der Waals surface area contributed by atoms with Gasteiger partial charge >= 0.3 is 11.9 Å². The van der Waals surface area contributed by atoms with Crippen LogP contribution in [-0.2, 0) is 35.1 Å². The molecule has 1 aliphatic heterocycles. The van der Waals surface area contributed by atoms with Crippen molar-refractivity contribution in [3.63, 3.8) is 0 Å². The average Bonchev–Trinajstić information content (AvgIpc) is 3.14. The lowest BCUT2D eigenvalue weighted by molar-refractivity contribution is -0.384. The maximum atomic E-state index is 12.4. The van der Waals surface area contributed by atoms with E-state index in [-0.39, 0.29) is 30.0 Å². The number of nitro groups is 1. The molecule has 1 aliphatic rings. The molecule has 10 nitrogen and oxygen atoms in total. The second-order valence-corrected chi connectivity index (χ2v) is 8.20. The van der Waals surface area contributed by atoms with Gasteiger partial charge in [-0.15, -0.1) is 0 Å². The van der Waals surface area contributed by atoms with Crippen LogP contribution in [0.15, 0.2) is 66.2 Å². The minimum Gasteiger partial charge on any atom is -0.466 e. The Morgan fingerprint density at radius 3 is 2.40 bits per heavy atom. The van der Waals surface area contributed by atoms with Crippen molar-refractivity contribution in [2.75, 3.05) is 20.3 Å². The topological polar surface area (TPSA) is 123 Å². The maximum absolute atomic E-state index is 12.4. The van der Waals surface area contributed by atoms with Gasteiger partial charge in [-0.3, -0.25) is 10.1 Å². The number of methoxy groups -OCH3 is 1. The predicted octanol–water partition coefficient (Wildman–Crippen LogP) is 3.59. The second kappa shape index (κ2) is 11.7. The zero-order valence-electron chi connectivity index (χ0n) is 19.7. The molecule has 2 aromatic rings. The summed E-state index contributed by atoms with van der Waals surface area (Å²) in [6.45, 7) is 3.69. The molecule has 0 spiro atoms. The lowest BCUT2D eigenvalue weighted by Gasteiger charge is -2.16. The van der Waals surface area contributed by atoms with Crippen LogP contribution in [0.3, 0.4) is 0 Å². The molecule has 0 amide bonds. The van der Waals surface area contributed by atoms with E-state index < -0.39 is 34.9 Å². The van der Waals surface area contributed by atoms with Crippen LogP contribution < -0.4 is 0 Å². The molecular weight excluding hydrogens is 458 g/mol. The molecule has 1 heterocycles. The third-order valence-corrected chi connectivity index (χ3v) is 5.10. The van der Waals surface area contributed by atoms with Crippen molar-refractivity contribution in [2.45, 2.75) is 38.4 Å². The van der Waals surface area contributed by atoms with Gasteiger partial charge in [0.2, 0.25) is 0 Å². The highest BCUT2D eigenvalue weighted by Crippen LogP contribution is 2.30. The van der Waals surface area contributed by atoms with Gasteiger partial charge in [0.1, 0.15) is 18.8 Å². The Kier molecular flexibility index (Phi) is 8.69. The Labute approximate surface area is 202 Å². The first kappa shape index (κ1) is 26.0. The average molecular weight is 485 g/mol. The number of ether oxygens (including phenoxy) is 5. The van der Waals surface area contributed by atoms with E-state index in [1.807, 2.05) is 30.3 Å². The van der Waals surface area contributed by atoms with Crippen molar-refractivity contribution in [3.8, 4) is 0 Å². The van der Waals surface area contributed by atoms with Crippen LogP contribution in [0.1, 0.15) is 29.8 Å². The van der Waals surface area contributed by atoms with Crippen molar-refractivity contribution in [3.05, 3.63) is 87.5 Å². The molecule has 0 aliphatic carbocycles. The van der Waals surface area contributed by atoms with Gasteiger partial charge in [0.25, 0.3) is 5.69 Å². The van der Waals surface area contributed by atoms with E-state index in [2.05, 4.69) is 0 Å². The van der Waals surface area contributed by atoms with Gasteiger partial charge in [-0.2, -0.15) is 0 Å². The molecule has 2 atom stereocenters. The molecule has 2 aromatic carbocycles. The molecule has 10 heteroatoms. The minimum absolute atomic E-state index is 0.0575. The SMILES string of the molecule is COC(=O)/C(=C/[C@@H]1OC(C)(C)O[C@H]1COCc1ccccc1)COC(=O)c1ccc([N+](=O)[O-])cc1. The zero-order chi connectivity index (χ0) is 25.4. The normalized spacial score (nSPS) is 19.2. The highest BCUT2D eigenvalue weighted by molar-refractivity contribution is 5.92. The number of benzene rings is 2. The molecular formula is C25H27NO9. The van der Waals surface area contributed by atoms with Gasteiger partial charge in [0.15, 0.2) is 5.79 Å². The van der Waals surface area contributed by atoms with Crippen LogP contribution in [0, 0.1) is 10.1 Å². The number of carbonyl (C=O) groups excluding carboxylic acids is 2. The fourth-order valence-electron chi connectivity index (χ4n) is 3.45. The number of non-ortho nitro benzene ring substituents is 1. The Balaban J connectivity index is 1.67. The Morgan fingerprint density at radius 1 is 1.09 bits per heavy atom. The highest BCUT2D eigenvalue weighted by Gasteiger charge is 2.41. The first-order chi connectivity index (χ1) is 16.7. The summed E-state index contributed by atoms with van der Waals surface area (Å²) in [6, 6.07) is 14.6. The molecule has 0 N–H and O–H groups in total. The number of nitrogens with zero attached hydrogens (tertiary/aromatic N) is 1. The summed E-state index contributed by atoms with van der Waals surface area (Å²) in [7, 11) is 1.21.